The normalized spacial score (nSPS) is 9.89. The highest BCUT2D eigenvalue weighted by atomic mass is 16.5. The van der Waals surface area contributed by atoms with Gasteiger partial charge in [0.15, 0.2) is 0 Å². The molecule has 4 nitrogen and oxygen atoms in total. The monoisotopic (exact) mass is 249 g/mol. The molecule has 1 aromatic carbocycles. The first kappa shape index (κ1) is 14.3. The minimum atomic E-state index is -0.112. The largest absolute Gasteiger partial charge is 0.489 e. The Morgan fingerprint density at radius 1 is 1.33 bits per heavy atom. The molecule has 0 aliphatic heterocycles. The third kappa shape index (κ3) is 5.01. The molecule has 0 aliphatic rings. The molecule has 0 aliphatic carbocycles. The average molecular weight is 249 g/mol. The number of benzene rings is 1. The molecule has 98 valence electrons. The Morgan fingerprint density at radius 3 is 2.56 bits per heavy atom. The van der Waals surface area contributed by atoms with E-state index in [1.54, 1.807) is 31.4 Å². The van der Waals surface area contributed by atoms with Gasteiger partial charge < -0.3 is 14.8 Å². The minimum Gasteiger partial charge on any atom is -0.489 e. The predicted octanol–water partition coefficient (Wildman–Crippen LogP) is 2.02. The van der Waals surface area contributed by atoms with Crippen molar-refractivity contribution in [3.8, 4) is 5.75 Å². The van der Waals surface area contributed by atoms with Crippen LogP contribution in [0.3, 0.4) is 0 Å². The van der Waals surface area contributed by atoms with Gasteiger partial charge in [-0.25, -0.2) is 0 Å². The molecule has 0 atom stereocenters. The fourth-order valence-corrected chi connectivity index (χ4v) is 1.28. The van der Waals surface area contributed by atoms with E-state index in [9.17, 15) is 4.79 Å². The van der Waals surface area contributed by atoms with E-state index in [1.165, 1.54) is 0 Å². The Morgan fingerprint density at radius 2 is 2.00 bits per heavy atom. The van der Waals surface area contributed by atoms with Gasteiger partial charge in [0.05, 0.1) is 6.61 Å². The van der Waals surface area contributed by atoms with Gasteiger partial charge in [-0.1, -0.05) is 6.58 Å². The van der Waals surface area contributed by atoms with Gasteiger partial charge in [-0.2, -0.15) is 0 Å². The molecular formula is C14H19NO3. The van der Waals surface area contributed by atoms with Crippen molar-refractivity contribution >= 4 is 5.91 Å². The molecule has 1 rings (SSSR count). The summed E-state index contributed by atoms with van der Waals surface area (Å²) >= 11 is 0. The Hall–Kier alpha value is -1.81. The van der Waals surface area contributed by atoms with Crippen molar-refractivity contribution in [1.29, 1.82) is 0 Å². The Balaban J connectivity index is 2.48. The lowest BCUT2D eigenvalue weighted by molar-refractivity contribution is 0.0937. The predicted molar refractivity (Wildman–Crippen MR) is 71.0 cm³/mol. The van der Waals surface area contributed by atoms with Crippen LogP contribution in [-0.4, -0.2) is 32.8 Å². The Labute approximate surface area is 108 Å². The maximum Gasteiger partial charge on any atom is 0.251 e. The molecule has 0 fully saturated rings. The molecule has 1 aromatic rings. The number of carbonyl (C=O) groups excluding carboxylic acids is 1. The average Bonchev–Trinajstić information content (AvgIpc) is 2.37. The van der Waals surface area contributed by atoms with Crippen molar-refractivity contribution in [2.45, 2.75) is 6.92 Å². The number of rotatable bonds is 7. The molecule has 0 saturated heterocycles. The topological polar surface area (TPSA) is 47.6 Å². The Bertz CT molecular complexity index is 398. The highest BCUT2D eigenvalue weighted by Crippen LogP contribution is 2.12. The molecule has 4 heteroatoms. The third-order valence-electron chi connectivity index (χ3n) is 2.19. The van der Waals surface area contributed by atoms with Gasteiger partial charge in [-0.05, 0) is 36.8 Å². The fourth-order valence-electron chi connectivity index (χ4n) is 1.28. The molecule has 0 spiro atoms. The van der Waals surface area contributed by atoms with E-state index in [2.05, 4.69) is 11.9 Å². The lowest BCUT2D eigenvalue weighted by atomic mass is 10.2. The number of methoxy groups -OCH3 is 1. The first-order valence-corrected chi connectivity index (χ1v) is 5.78. The first-order valence-electron chi connectivity index (χ1n) is 5.78. The van der Waals surface area contributed by atoms with E-state index in [4.69, 9.17) is 9.47 Å². The number of ether oxygens (including phenoxy) is 2. The van der Waals surface area contributed by atoms with Crippen LogP contribution in [0.25, 0.3) is 0 Å². The molecule has 0 bridgehead atoms. The van der Waals surface area contributed by atoms with Crippen molar-refractivity contribution in [1.82, 2.24) is 5.32 Å². The molecule has 1 amide bonds. The van der Waals surface area contributed by atoms with E-state index in [-0.39, 0.29) is 5.91 Å². The summed E-state index contributed by atoms with van der Waals surface area (Å²) in [7, 11) is 1.60. The van der Waals surface area contributed by atoms with Crippen LogP contribution in [-0.2, 0) is 4.74 Å². The summed E-state index contributed by atoms with van der Waals surface area (Å²) in [6, 6.07) is 7.01. The van der Waals surface area contributed by atoms with Crippen LogP contribution < -0.4 is 10.1 Å². The quantitative estimate of drug-likeness (QED) is 0.594. The molecule has 18 heavy (non-hydrogen) atoms. The van der Waals surface area contributed by atoms with E-state index in [1.807, 2.05) is 6.92 Å². The molecule has 0 radical (unpaired) electrons. The van der Waals surface area contributed by atoms with Crippen molar-refractivity contribution in [3.05, 3.63) is 42.0 Å². The summed E-state index contributed by atoms with van der Waals surface area (Å²) in [4.78, 5) is 11.7. The van der Waals surface area contributed by atoms with Gasteiger partial charge >= 0.3 is 0 Å². The lowest BCUT2D eigenvalue weighted by Gasteiger charge is -2.07. The molecule has 0 heterocycles. The standard InChI is InChI=1S/C14H19NO3/c1-11(2)10-18-13-6-4-12(5-7-13)14(16)15-8-9-17-3/h4-7H,1,8-10H2,2-3H3,(H,15,16). The van der Waals surface area contributed by atoms with Crippen LogP contribution in [0.15, 0.2) is 36.4 Å². The van der Waals surface area contributed by atoms with Crippen LogP contribution in [0.4, 0.5) is 0 Å². The first-order chi connectivity index (χ1) is 8.63. The summed E-state index contributed by atoms with van der Waals surface area (Å²) in [5, 5.41) is 2.75. The Kier molecular flexibility index (Phi) is 5.94. The van der Waals surface area contributed by atoms with Crippen LogP contribution >= 0.6 is 0 Å². The van der Waals surface area contributed by atoms with Crippen molar-refractivity contribution in [2.24, 2.45) is 0 Å². The number of nitrogens with one attached hydrogen (secondary N) is 1. The minimum absolute atomic E-state index is 0.112. The van der Waals surface area contributed by atoms with E-state index >= 15 is 0 Å². The van der Waals surface area contributed by atoms with Crippen molar-refractivity contribution < 1.29 is 14.3 Å². The smallest absolute Gasteiger partial charge is 0.251 e. The molecule has 0 unspecified atom stereocenters. The van der Waals surface area contributed by atoms with Gasteiger partial charge in [-0.15, -0.1) is 0 Å². The van der Waals surface area contributed by atoms with Gasteiger partial charge in [0, 0.05) is 19.2 Å². The van der Waals surface area contributed by atoms with E-state index in [0.717, 1.165) is 11.3 Å². The molecule has 0 saturated carbocycles. The maximum atomic E-state index is 11.7. The number of carbonyl (C=O) groups is 1. The van der Waals surface area contributed by atoms with Crippen LogP contribution in [0.1, 0.15) is 17.3 Å². The number of amides is 1. The van der Waals surface area contributed by atoms with Gasteiger partial charge in [-0.3, -0.25) is 4.79 Å². The number of hydrogen-bond acceptors (Lipinski definition) is 3. The third-order valence-corrected chi connectivity index (χ3v) is 2.19. The summed E-state index contributed by atoms with van der Waals surface area (Å²) in [6.45, 7) is 7.15. The van der Waals surface area contributed by atoms with Crippen LogP contribution in [0.2, 0.25) is 0 Å². The van der Waals surface area contributed by atoms with Gasteiger partial charge in [0.2, 0.25) is 0 Å². The SMILES string of the molecule is C=C(C)COc1ccc(C(=O)NCCOC)cc1. The lowest BCUT2D eigenvalue weighted by Crippen LogP contribution is -2.26. The molecule has 0 aromatic heterocycles. The zero-order valence-corrected chi connectivity index (χ0v) is 10.9. The zero-order chi connectivity index (χ0) is 13.4. The highest BCUT2D eigenvalue weighted by molar-refractivity contribution is 5.94. The zero-order valence-electron chi connectivity index (χ0n) is 10.9. The van der Waals surface area contributed by atoms with Crippen LogP contribution in [0.5, 0.6) is 5.75 Å². The fraction of sp³-hybridized carbons (Fsp3) is 0.357. The van der Waals surface area contributed by atoms with Crippen LogP contribution in [0, 0.1) is 0 Å². The summed E-state index contributed by atoms with van der Waals surface area (Å²) in [6.07, 6.45) is 0. The van der Waals surface area contributed by atoms with Gasteiger partial charge in [0.25, 0.3) is 5.91 Å². The van der Waals surface area contributed by atoms with Crippen molar-refractivity contribution in [2.75, 3.05) is 26.9 Å². The second kappa shape index (κ2) is 7.50. The van der Waals surface area contributed by atoms with Gasteiger partial charge in [0.1, 0.15) is 12.4 Å². The summed E-state index contributed by atoms with van der Waals surface area (Å²) < 4.78 is 10.3. The second-order valence-corrected chi connectivity index (χ2v) is 4.02. The molecule has 1 N–H and O–H groups in total. The maximum absolute atomic E-state index is 11.7. The summed E-state index contributed by atoms with van der Waals surface area (Å²) in [5.74, 6) is 0.616. The second-order valence-electron chi connectivity index (χ2n) is 4.02. The van der Waals surface area contributed by atoms with E-state index < -0.39 is 0 Å². The van der Waals surface area contributed by atoms with Crippen molar-refractivity contribution in [3.63, 3.8) is 0 Å². The molecular weight excluding hydrogens is 230 g/mol. The number of hydrogen-bond donors (Lipinski definition) is 1. The summed E-state index contributed by atoms with van der Waals surface area (Å²) in [5.41, 5.74) is 1.56. The van der Waals surface area contributed by atoms with E-state index in [0.29, 0.717) is 25.3 Å². The highest BCUT2D eigenvalue weighted by Gasteiger charge is 2.04.